The molecular formula is C24H26ClFN4O4. The first-order valence-corrected chi connectivity index (χ1v) is 11.3. The Balaban J connectivity index is 1.83. The molecule has 0 aliphatic carbocycles. The third kappa shape index (κ3) is 6.11. The van der Waals surface area contributed by atoms with Crippen LogP contribution in [0.1, 0.15) is 33.1 Å². The van der Waals surface area contributed by atoms with Crippen molar-refractivity contribution in [2.75, 3.05) is 5.32 Å². The largest absolute Gasteiger partial charge is 0.354 e. The molecule has 3 rings (SSSR count). The van der Waals surface area contributed by atoms with E-state index < -0.39 is 29.5 Å². The summed E-state index contributed by atoms with van der Waals surface area (Å²) in [6.07, 6.45) is 1.21. The molecule has 0 spiro atoms. The number of nitrogens with zero attached hydrogens (tertiary/aromatic N) is 2. The molecule has 180 valence electrons. The first-order chi connectivity index (χ1) is 16.2. The normalized spacial score (nSPS) is 11.1. The summed E-state index contributed by atoms with van der Waals surface area (Å²) in [6.45, 7) is 3.42. The smallest absolute Gasteiger partial charge is 0.331 e. The van der Waals surface area contributed by atoms with E-state index in [0.717, 1.165) is 10.6 Å². The number of carbonyl (C=O) groups is 2. The Bertz CT molecular complexity index is 1330. The van der Waals surface area contributed by atoms with E-state index in [1.165, 1.54) is 16.7 Å². The minimum absolute atomic E-state index is 0.0373. The number of rotatable bonds is 9. The zero-order chi connectivity index (χ0) is 24.8. The Morgan fingerprint density at radius 3 is 2.47 bits per heavy atom. The number of carbonyl (C=O) groups excluding carboxylic acids is 2. The number of nitrogens with one attached hydrogen (secondary N) is 2. The Morgan fingerprint density at radius 2 is 1.76 bits per heavy atom. The average Bonchev–Trinajstić information content (AvgIpc) is 2.77. The van der Waals surface area contributed by atoms with E-state index in [4.69, 9.17) is 11.6 Å². The lowest BCUT2D eigenvalue weighted by Gasteiger charge is -2.14. The Kier molecular flexibility index (Phi) is 8.22. The van der Waals surface area contributed by atoms with Crippen molar-refractivity contribution < 1.29 is 14.0 Å². The van der Waals surface area contributed by atoms with Gasteiger partial charge in [0.1, 0.15) is 12.4 Å². The van der Waals surface area contributed by atoms with Crippen LogP contribution in [0, 0.1) is 5.82 Å². The summed E-state index contributed by atoms with van der Waals surface area (Å²) in [7, 11) is 0. The van der Waals surface area contributed by atoms with Crippen LogP contribution in [0.25, 0.3) is 10.9 Å². The van der Waals surface area contributed by atoms with E-state index in [9.17, 15) is 23.6 Å². The fourth-order valence-electron chi connectivity index (χ4n) is 3.59. The second-order valence-electron chi connectivity index (χ2n) is 8.19. The van der Waals surface area contributed by atoms with Crippen molar-refractivity contribution in [3.05, 3.63) is 74.1 Å². The number of amides is 2. The third-order valence-corrected chi connectivity index (χ3v) is 5.36. The average molecular weight is 489 g/mol. The highest BCUT2D eigenvalue weighted by molar-refractivity contribution is 6.30. The van der Waals surface area contributed by atoms with Crippen LogP contribution in [0.4, 0.5) is 10.1 Å². The van der Waals surface area contributed by atoms with Crippen molar-refractivity contribution in [3.8, 4) is 0 Å². The number of hydrogen-bond acceptors (Lipinski definition) is 4. The molecule has 10 heteroatoms. The van der Waals surface area contributed by atoms with Crippen molar-refractivity contribution in [1.82, 2.24) is 14.5 Å². The van der Waals surface area contributed by atoms with Crippen molar-refractivity contribution in [2.45, 2.75) is 52.2 Å². The first kappa shape index (κ1) is 25.2. The van der Waals surface area contributed by atoms with Gasteiger partial charge in [0.15, 0.2) is 0 Å². The van der Waals surface area contributed by atoms with Crippen LogP contribution in [0.5, 0.6) is 0 Å². The molecule has 8 nitrogen and oxygen atoms in total. The highest BCUT2D eigenvalue weighted by Crippen LogP contribution is 2.19. The number of halogens is 2. The van der Waals surface area contributed by atoms with E-state index in [2.05, 4.69) is 10.6 Å². The highest BCUT2D eigenvalue weighted by Gasteiger charge is 2.16. The van der Waals surface area contributed by atoms with Gasteiger partial charge in [0, 0.05) is 24.0 Å². The van der Waals surface area contributed by atoms with Gasteiger partial charge in [-0.2, -0.15) is 0 Å². The van der Waals surface area contributed by atoms with Crippen LogP contribution in [0.15, 0.2) is 52.1 Å². The molecule has 2 N–H and O–H groups in total. The summed E-state index contributed by atoms with van der Waals surface area (Å²) >= 11 is 5.74. The van der Waals surface area contributed by atoms with Gasteiger partial charge in [0.2, 0.25) is 11.8 Å². The molecule has 1 aromatic heterocycles. The van der Waals surface area contributed by atoms with Crippen LogP contribution < -0.4 is 21.9 Å². The number of aromatic nitrogens is 2. The molecule has 2 amide bonds. The molecule has 0 unspecified atom stereocenters. The number of hydrogen-bond donors (Lipinski definition) is 2. The number of anilines is 1. The summed E-state index contributed by atoms with van der Waals surface area (Å²) in [5, 5.41) is 5.69. The lowest BCUT2D eigenvalue weighted by molar-refractivity contribution is -0.121. The molecule has 0 aliphatic heterocycles. The van der Waals surface area contributed by atoms with Gasteiger partial charge in [-0.05, 0) is 57.0 Å². The van der Waals surface area contributed by atoms with Gasteiger partial charge in [-0.15, -0.1) is 0 Å². The number of benzene rings is 2. The van der Waals surface area contributed by atoms with E-state index in [1.807, 2.05) is 13.8 Å². The van der Waals surface area contributed by atoms with E-state index in [-0.39, 0.29) is 41.0 Å². The highest BCUT2D eigenvalue weighted by atomic mass is 35.5. The van der Waals surface area contributed by atoms with E-state index >= 15 is 0 Å². The first-order valence-electron chi connectivity index (χ1n) is 10.9. The second kappa shape index (κ2) is 11.1. The molecule has 2 aromatic carbocycles. The fraction of sp³-hybridized carbons (Fsp3) is 0.333. The fourth-order valence-corrected chi connectivity index (χ4v) is 3.75. The standard InChI is InChI=1S/C24H26ClFN4O4/c1-15(2)27-21(31)9-5-6-12-29-23(33)17-7-3-4-8-20(17)30(24(29)34)14-22(32)28-19-11-10-16(25)13-18(19)26/h3-4,7-8,10-11,13,15H,5-6,9,12,14H2,1-2H3,(H,27,31)(H,28,32). The summed E-state index contributed by atoms with van der Waals surface area (Å²) in [6, 6.07) is 10.4. The van der Waals surface area contributed by atoms with Gasteiger partial charge in [-0.25, -0.2) is 9.18 Å². The maximum absolute atomic E-state index is 14.1. The molecule has 34 heavy (non-hydrogen) atoms. The molecule has 0 bridgehead atoms. The minimum Gasteiger partial charge on any atom is -0.354 e. The van der Waals surface area contributed by atoms with Gasteiger partial charge >= 0.3 is 5.69 Å². The van der Waals surface area contributed by atoms with E-state index in [1.54, 1.807) is 24.3 Å². The van der Waals surface area contributed by atoms with Crippen LogP contribution in [-0.4, -0.2) is 27.0 Å². The number of unbranched alkanes of at least 4 members (excludes halogenated alkanes) is 1. The van der Waals surface area contributed by atoms with E-state index in [0.29, 0.717) is 18.4 Å². The Hall–Kier alpha value is -3.46. The van der Waals surface area contributed by atoms with Crippen molar-refractivity contribution >= 4 is 40.0 Å². The predicted octanol–water partition coefficient (Wildman–Crippen LogP) is 3.29. The Morgan fingerprint density at radius 1 is 1.03 bits per heavy atom. The topological polar surface area (TPSA) is 102 Å². The molecular weight excluding hydrogens is 463 g/mol. The second-order valence-corrected chi connectivity index (χ2v) is 8.63. The summed E-state index contributed by atoms with van der Waals surface area (Å²) in [5.41, 5.74) is -0.883. The minimum atomic E-state index is -0.704. The molecule has 3 aromatic rings. The summed E-state index contributed by atoms with van der Waals surface area (Å²) in [4.78, 5) is 50.5. The lowest BCUT2D eigenvalue weighted by Crippen LogP contribution is -2.41. The predicted molar refractivity (Wildman–Crippen MR) is 130 cm³/mol. The zero-order valence-electron chi connectivity index (χ0n) is 18.9. The number of para-hydroxylation sites is 1. The quantitative estimate of drug-likeness (QED) is 0.451. The van der Waals surface area contributed by atoms with Gasteiger partial charge in [-0.1, -0.05) is 23.7 Å². The summed E-state index contributed by atoms with van der Waals surface area (Å²) < 4.78 is 16.3. The Labute approximate surface area is 200 Å². The van der Waals surface area contributed by atoms with Crippen molar-refractivity contribution in [3.63, 3.8) is 0 Å². The molecule has 0 fully saturated rings. The zero-order valence-corrected chi connectivity index (χ0v) is 19.7. The maximum Gasteiger partial charge on any atom is 0.331 e. The molecule has 0 radical (unpaired) electrons. The van der Waals surface area contributed by atoms with Crippen LogP contribution in [0.3, 0.4) is 0 Å². The van der Waals surface area contributed by atoms with Crippen LogP contribution in [-0.2, 0) is 22.7 Å². The maximum atomic E-state index is 14.1. The SMILES string of the molecule is CC(C)NC(=O)CCCCn1c(=O)c2ccccc2n(CC(=O)Nc2ccc(Cl)cc2F)c1=O. The molecule has 0 saturated carbocycles. The van der Waals surface area contributed by atoms with Gasteiger partial charge < -0.3 is 10.6 Å². The lowest BCUT2D eigenvalue weighted by atomic mass is 10.2. The summed E-state index contributed by atoms with van der Waals surface area (Å²) in [5.74, 6) is -1.43. The monoisotopic (exact) mass is 488 g/mol. The molecule has 0 atom stereocenters. The van der Waals surface area contributed by atoms with Crippen molar-refractivity contribution in [2.24, 2.45) is 0 Å². The third-order valence-electron chi connectivity index (χ3n) is 5.12. The van der Waals surface area contributed by atoms with Crippen molar-refractivity contribution in [1.29, 1.82) is 0 Å². The molecule has 1 heterocycles. The molecule has 0 aliphatic rings. The van der Waals surface area contributed by atoms with Crippen LogP contribution >= 0.6 is 11.6 Å². The number of fused-ring (bicyclic) bond motifs is 1. The molecule has 0 saturated heterocycles. The van der Waals surface area contributed by atoms with Crippen LogP contribution in [0.2, 0.25) is 5.02 Å². The van der Waals surface area contributed by atoms with Gasteiger partial charge in [-0.3, -0.25) is 23.5 Å². The van der Waals surface area contributed by atoms with Gasteiger partial charge in [0.05, 0.1) is 16.6 Å². The van der Waals surface area contributed by atoms with Gasteiger partial charge in [0.25, 0.3) is 5.56 Å².